The van der Waals surface area contributed by atoms with E-state index in [2.05, 4.69) is 38.7 Å². The topological polar surface area (TPSA) is 80.9 Å². The maximum Gasteiger partial charge on any atom is 0.108 e. The second-order valence-electron chi connectivity index (χ2n) is 11.6. The average molecular weight is 445 g/mol. The van der Waals surface area contributed by atoms with Gasteiger partial charge in [0.25, 0.3) is 0 Å². The van der Waals surface area contributed by atoms with E-state index in [1.54, 1.807) is 26.8 Å². The number of hydrogen-bond donors (Lipinski definition) is 4. The summed E-state index contributed by atoms with van der Waals surface area (Å²) in [4.78, 5) is 0. The second kappa shape index (κ2) is 9.21. The van der Waals surface area contributed by atoms with E-state index < -0.39 is 23.4 Å². The van der Waals surface area contributed by atoms with Gasteiger partial charge in [-0.3, -0.25) is 0 Å². The van der Waals surface area contributed by atoms with Crippen LogP contribution in [-0.4, -0.2) is 43.8 Å². The van der Waals surface area contributed by atoms with E-state index in [-0.39, 0.29) is 5.41 Å². The zero-order valence-electron chi connectivity index (χ0n) is 20.6. The molecule has 0 amide bonds. The first-order valence-electron chi connectivity index (χ1n) is 12.4. The fourth-order valence-electron chi connectivity index (χ4n) is 6.29. The molecule has 3 fully saturated rings. The molecule has 4 heteroatoms. The molecule has 3 aliphatic rings. The van der Waals surface area contributed by atoms with Crippen LogP contribution >= 0.6 is 0 Å². The Kier molecular flexibility index (Phi) is 7.32. The molecule has 0 bridgehead atoms. The molecule has 4 nitrogen and oxygen atoms in total. The lowest BCUT2D eigenvalue weighted by atomic mass is 9.61. The maximum atomic E-state index is 10.6. The van der Waals surface area contributed by atoms with E-state index in [9.17, 15) is 20.4 Å². The van der Waals surface area contributed by atoms with Gasteiger partial charge in [-0.2, -0.15) is 0 Å². The van der Waals surface area contributed by atoms with Crippen LogP contribution in [0.25, 0.3) is 0 Å². The first-order chi connectivity index (χ1) is 14.8. The summed E-state index contributed by atoms with van der Waals surface area (Å²) >= 11 is 0. The summed E-state index contributed by atoms with van der Waals surface area (Å²) in [5, 5.41) is 41.1. The molecule has 32 heavy (non-hydrogen) atoms. The minimum Gasteiger partial charge on any atom is -0.393 e. The summed E-state index contributed by atoms with van der Waals surface area (Å²) in [6, 6.07) is 0. The molecule has 0 spiro atoms. The van der Waals surface area contributed by atoms with Gasteiger partial charge in [-0.05, 0) is 93.6 Å². The normalized spacial score (nSPS) is 39.5. The molecule has 0 aromatic rings. The highest BCUT2D eigenvalue weighted by molar-refractivity contribution is 5.38. The summed E-state index contributed by atoms with van der Waals surface area (Å²) in [6.07, 6.45) is 13.8. The van der Waals surface area contributed by atoms with Crippen LogP contribution in [0, 0.1) is 23.2 Å². The lowest BCUT2D eigenvalue weighted by Crippen LogP contribution is -2.46. The molecule has 3 rings (SSSR count). The summed E-state index contributed by atoms with van der Waals surface area (Å²) in [6.45, 7) is 13.7. The number of hydrogen-bond acceptors (Lipinski definition) is 4. The van der Waals surface area contributed by atoms with Gasteiger partial charge in [0.05, 0.1) is 17.8 Å². The van der Waals surface area contributed by atoms with Crippen LogP contribution in [0.3, 0.4) is 0 Å². The van der Waals surface area contributed by atoms with Gasteiger partial charge in [-0.1, -0.05) is 50.3 Å². The zero-order valence-corrected chi connectivity index (χ0v) is 20.6. The third-order valence-electron chi connectivity index (χ3n) is 8.90. The van der Waals surface area contributed by atoms with Crippen molar-refractivity contribution in [3.63, 3.8) is 0 Å². The van der Waals surface area contributed by atoms with Gasteiger partial charge in [-0.15, -0.1) is 0 Å². The van der Waals surface area contributed by atoms with Crippen molar-refractivity contribution in [2.75, 3.05) is 0 Å². The fraction of sp³-hybridized carbons (Fsp3) is 0.714. The largest absolute Gasteiger partial charge is 0.393 e. The number of rotatable bonds is 5. The van der Waals surface area contributed by atoms with Gasteiger partial charge in [0.15, 0.2) is 0 Å². The van der Waals surface area contributed by atoms with E-state index >= 15 is 0 Å². The van der Waals surface area contributed by atoms with E-state index in [4.69, 9.17) is 0 Å². The van der Waals surface area contributed by atoms with Gasteiger partial charge in [0.1, 0.15) is 5.60 Å². The van der Waals surface area contributed by atoms with Crippen LogP contribution in [0.4, 0.5) is 0 Å². The van der Waals surface area contributed by atoms with Crippen molar-refractivity contribution >= 4 is 0 Å². The first kappa shape index (κ1) is 25.4. The lowest BCUT2D eigenvalue weighted by Gasteiger charge is -2.44. The van der Waals surface area contributed by atoms with Crippen molar-refractivity contribution in [3.05, 3.63) is 47.6 Å². The Morgan fingerprint density at radius 1 is 1.12 bits per heavy atom. The Bertz CT molecular complexity index is 797. The van der Waals surface area contributed by atoms with Crippen LogP contribution in [0.5, 0.6) is 0 Å². The fourth-order valence-corrected chi connectivity index (χ4v) is 6.29. The quantitative estimate of drug-likeness (QED) is 0.457. The van der Waals surface area contributed by atoms with Gasteiger partial charge in [0, 0.05) is 6.42 Å². The predicted octanol–water partition coefficient (Wildman–Crippen LogP) is 4.84. The monoisotopic (exact) mass is 444 g/mol. The van der Waals surface area contributed by atoms with Gasteiger partial charge in [0.2, 0.25) is 0 Å². The van der Waals surface area contributed by atoms with Crippen molar-refractivity contribution in [2.45, 2.75) is 103 Å². The third-order valence-corrected chi connectivity index (χ3v) is 8.90. The van der Waals surface area contributed by atoms with Crippen molar-refractivity contribution < 1.29 is 20.4 Å². The van der Waals surface area contributed by atoms with E-state index in [0.29, 0.717) is 30.6 Å². The molecule has 0 saturated heterocycles. The smallest absolute Gasteiger partial charge is 0.108 e. The first-order valence-corrected chi connectivity index (χ1v) is 12.4. The summed E-state index contributed by atoms with van der Waals surface area (Å²) in [5.74, 6) is 1.39. The van der Waals surface area contributed by atoms with Gasteiger partial charge in [-0.25, -0.2) is 0 Å². The zero-order chi connectivity index (χ0) is 23.9. The molecule has 0 radical (unpaired) electrons. The molecule has 4 unspecified atom stereocenters. The maximum absolute atomic E-state index is 10.6. The molecule has 7 atom stereocenters. The van der Waals surface area contributed by atoms with Crippen LogP contribution in [0.2, 0.25) is 0 Å². The third kappa shape index (κ3) is 4.99. The molecule has 3 aliphatic carbocycles. The van der Waals surface area contributed by atoms with Gasteiger partial charge >= 0.3 is 0 Å². The molecule has 0 aromatic heterocycles. The molecule has 0 aliphatic heterocycles. The highest BCUT2D eigenvalue weighted by Crippen LogP contribution is 2.59. The number of aliphatic hydroxyl groups excluding tert-OH is 2. The highest BCUT2D eigenvalue weighted by atomic mass is 16.3. The highest BCUT2D eigenvalue weighted by Gasteiger charge is 2.50. The summed E-state index contributed by atoms with van der Waals surface area (Å²) in [7, 11) is 0. The lowest BCUT2D eigenvalue weighted by molar-refractivity contribution is -0.0886. The number of fused-ring (bicyclic) bond motifs is 1. The second-order valence-corrected chi connectivity index (χ2v) is 11.6. The Morgan fingerprint density at radius 3 is 2.47 bits per heavy atom. The van der Waals surface area contributed by atoms with Crippen molar-refractivity contribution in [1.82, 2.24) is 0 Å². The summed E-state index contributed by atoms with van der Waals surface area (Å²) < 4.78 is 0. The number of aliphatic hydroxyl groups is 4. The van der Waals surface area contributed by atoms with Crippen LogP contribution in [0.15, 0.2) is 47.6 Å². The van der Waals surface area contributed by atoms with Crippen LogP contribution in [0.1, 0.15) is 79.6 Å². The van der Waals surface area contributed by atoms with Crippen LogP contribution < -0.4 is 0 Å². The van der Waals surface area contributed by atoms with Crippen LogP contribution in [-0.2, 0) is 0 Å². The van der Waals surface area contributed by atoms with E-state index in [0.717, 1.165) is 24.0 Å². The molecule has 0 heterocycles. The molecule has 3 saturated carbocycles. The predicted molar refractivity (Wildman–Crippen MR) is 130 cm³/mol. The Morgan fingerprint density at radius 2 is 1.81 bits per heavy atom. The Labute approximate surface area is 194 Å². The minimum absolute atomic E-state index is 0.218. The Balaban J connectivity index is 1.78. The average Bonchev–Trinajstić information content (AvgIpc) is 3.04. The van der Waals surface area contributed by atoms with Crippen molar-refractivity contribution in [2.24, 2.45) is 23.2 Å². The molecular weight excluding hydrogens is 400 g/mol. The summed E-state index contributed by atoms with van der Waals surface area (Å²) in [5.41, 5.74) is 0.958. The molecular formula is C28H44O4. The Hall–Kier alpha value is -1.20. The van der Waals surface area contributed by atoms with E-state index in [1.807, 2.05) is 0 Å². The minimum atomic E-state index is -1.26. The number of allylic oxidation sites excluding steroid dienone is 4. The van der Waals surface area contributed by atoms with Crippen molar-refractivity contribution in [1.29, 1.82) is 0 Å². The molecule has 0 aromatic carbocycles. The van der Waals surface area contributed by atoms with Gasteiger partial charge < -0.3 is 20.4 Å². The SMILES string of the molecule is C=C1/C(=C\C=C2/CCCC3(C)C2CCC3[C@@H](C)/C=C/[C@](C)(O)C(C)(C)O)C[C@H](O)CC1O. The van der Waals surface area contributed by atoms with E-state index in [1.165, 1.54) is 24.8 Å². The molecule has 4 N–H and O–H groups in total. The molecule has 180 valence electrons. The van der Waals surface area contributed by atoms with Crippen molar-refractivity contribution in [3.8, 4) is 0 Å². The standard InChI is InChI=1S/C28H44O4/c1-18(13-15-28(6,32)26(3,4)31)23-11-12-24-20(8-7-14-27(23,24)5)9-10-21-16-22(29)17-25(30)19(21)2/h9-10,13,15,18,22-25,29-32H,2,7-8,11-12,14,16-17H2,1,3-6H3/b15-13+,20-9+,21-10-/t18-,22-,23?,24?,25?,27?,28-/m0/s1.